The van der Waals surface area contributed by atoms with Gasteiger partial charge in [0.1, 0.15) is 11.4 Å². The molecule has 0 radical (unpaired) electrons. The van der Waals surface area contributed by atoms with Crippen LogP contribution in [0.25, 0.3) is 5.70 Å². The number of methoxy groups -OCH3 is 2. The molecule has 1 saturated heterocycles. The Morgan fingerprint density at radius 3 is 2.54 bits per heavy atom. The molecule has 28 heavy (non-hydrogen) atoms. The summed E-state index contributed by atoms with van der Waals surface area (Å²) in [6, 6.07) is 5.62. The Kier molecular flexibility index (Phi) is 5.04. The molecule has 1 fully saturated rings. The minimum absolute atomic E-state index is 0.351. The first-order chi connectivity index (χ1) is 13.1. The molecule has 1 aliphatic carbocycles. The first kappa shape index (κ1) is 20.0. The third kappa shape index (κ3) is 3.53. The lowest BCUT2D eigenvalue weighted by molar-refractivity contribution is -0.137. The van der Waals surface area contributed by atoms with E-state index in [1.165, 1.54) is 7.11 Å². The molecule has 0 saturated carbocycles. The number of nitrogens with two attached hydrogens (primary N) is 1. The third-order valence-corrected chi connectivity index (χ3v) is 5.33. The highest BCUT2D eigenvalue weighted by Crippen LogP contribution is 2.48. The van der Waals surface area contributed by atoms with Crippen LogP contribution in [0.1, 0.15) is 38.3 Å². The minimum Gasteiger partial charge on any atom is -0.497 e. The van der Waals surface area contributed by atoms with Crippen molar-refractivity contribution in [2.45, 2.75) is 39.2 Å². The standard InChI is InChI=1S/C21H28N2O5/c1-20(2,3)28-19(25)23-9-8-21(12-23)11-13-10-14(26-4)6-7-15(13)17(22)16(21)18(24)27-5/h6-7,10H,8-9,11-12,22H2,1-5H3. The van der Waals surface area contributed by atoms with Gasteiger partial charge in [0.15, 0.2) is 0 Å². The zero-order valence-corrected chi connectivity index (χ0v) is 17.1. The van der Waals surface area contributed by atoms with Crippen molar-refractivity contribution in [3.05, 3.63) is 34.9 Å². The van der Waals surface area contributed by atoms with E-state index in [1.807, 2.05) is 39.0 Å². The highest BCUT2D eigenvalue weighted by atomic mass is 16.6. The van der Waals surface area contributed by atoms with E-state index in [-0.39, 0.29) is 6.09 Å². The molecular formula is C21H28N2O5. The second-order valence-electron chi connectivity index (χ2n) is 8.41. The van der Waals surface area contributed by atoms with Crippen molar-refractivity contribution < 1.29 is 23.8 Å². The van der Waals surface area contributed by atoms with Gasteiger partial charge in [-0.1, -0.05) is 0 Å². The highest BCUT2D eigenvalue weighted by Gasteiger charge is 2.50. The van der Waals surface area contributed by atoms with Crippen LogP contribution in [0.4, 0.5) is 4.79 Å². The van der Waals surface area contributed by atoms with Gasteiger partial charge in [-0.2, -0.15) is 0 Å². The number of hydrogen-bond donors (Lipinski definition) is 1. The van der Waals surface area contributed by atoms with E-state index in [0.29, 0.717) is 37.2 Å². The van der Waals surface area contributed by atoms with Crippen LogP contribution >= 0.6 is 0 Å². The van der Waals surface area contributed by atoms with E-state index in [2.05, 4.69) is 0 Å². The zero-order valence-electron chi connectivity index (χ0n) is 17.1. The van der Waals surface area contributed by atoms with Gasteiger partial charge in [-0.3, -0.25) is 0 Å². The van der Waals surface area contributed by atoms with Crippen LogP contribution < -0.4 is 10.5 Å². The molecule has 0 aromatic heterocycles. The molecule has 7 heteroatoms. The molecule has 1 aliphatic heterocycles. The van der Waals surface area contributed by atoms with Crippen molar-refractivity contribution >= 4 is 17.8 Å². The quantitative estimate of drug-likeness (QED) is 0.784. The van der Waals surface area contributed by atoms with Gasteiger partial charge in [-0.05, 0) is 57.4 Å². The van der Waals surface area contributed by atoms with Crippen LogP contribution in [-0.4, -0.2) is 49.9 Å². The molecule has 1 unspecified atom stereocenters. The van der Waals surface area contributed by atoms with Crippen LogP contribution in [0.2, 0.25) is 0 Å². The molecule has 1 heterocycles. The fourth-order valence-corrected chi connectivity index (χ4v) is 4.11. The Morgan fingerprint density at radius 2 is 1.93 bits per heavy atom. The fraction of sp³-hybridized carbons (Fsp3) is 0.524. The van der Waals surface area contributed by atoms with Gasteiger partial charge in [-0.15, -0.1) is 0 Å². The lowest BCUT2D eigenvalue weighted by atomic mass is 9.68. The number of benzene rings is 1. The molecule has 1 amide bonds. The third-order valence-electron chi connectivity index (χ3n) is 5.33. The number of likely N-dealkylation sites (tertiary alicyclic amines) is 1. The lowest BCUT2D eigenvalue weighted by Crippen LogP contribution is -2.41. The second kappa shape index (κ2) is 7.04. The van der Waals surface area contributed by atoms with Gasteiger partial charge in [0, 0.05) is 24.1 Å². The van der Waals surface area contributed by atoms with Crippen molar-refractivity contribution in [1.29, 1.82) is 0 Å². The average molecular weight is 388 g/mol. The van der Waals surface area contributed by atoms with Gasteiger partial charge in [0.05, 0.1) is 25.5 Å². The maximum atomic E-state index is 12.7. The van der Waals surface area contributed by atoms with E-state index >= 15 is 0 Å². The maximum absolute atomic E-state index is 12.7. The van der Waals surface area contributed by atoms with Crippen LogP contribution in [0.5, 0.6) is 5.75 Å². The highest BCUT2D eigenvalue weighted by molar-refractivity contribution is 6.00. The first-order valence-corrected chi connectivity index (χ1v) is 9.34. The maximum Gasteiger partial charge on any atom is 0.410 e. The van der Waals surface area contributed by atoms with Gasteiger partial charge in [0.2, 0.25) is 0 Å². The summed E-state index contributed by atoms with van der Waals surface area (Å²) < 4.78 is 15.9. The number of rotatable bonds is 2. The van der Waals surface area contributed by atoms with Crippen LogP contribution in [0, 0.1) is 5.41 Å². The SMILES string of the molecule is COC(=O)C1=C(N)c2ccc(OC)cc2CC12CCN(C(=O)OC(C)(C)C)C2. The van der Waals surface area contributed by atoms with Crippen molar-refractivity contribution in [1.82, 2.24) is 4.90 Å². The molecular weight excluding hydrogens is 360 g/mol. The molecule has 2 N–H and O–H groups in total. The molecule has 3 rings (SSSR count). The predicted octanol–water partition coefficient (Wildman–Crippen LogP) is 2.72. The summed E-state index contributed by atoms with van der Waals surface area (Å²) in [6.45, 7) is 6.33. The minimum atomic E-state index is -0.604. The Hall–Kier alpha value is -2.70. The number of hydrogen-bond acceptors (Lipinski definition) is 6. The lowest BCUT2D eigenvalue weighted by Gasteiger charge is -2.36. The topological polar surface area (TPSA) is 91.1 Å². The Labute approximate surface area is 165 Å². The summed E-state index contributed by atoms with van der Waals surface area (Å²) in [4.78, 5) is 26.9. The summed E-state index contributed by atoms with van der Waals surface area (Å²) in [5, 5.41) is 0. The summed E-state index contributed by atoms with van der Waals surface area (Å²) in [7, 11) is 2.96. The number of nitrogens with zero attached hydrogens (tertiary/aromatic N) is 1. The molecule has 7 nitrogen and oxygen atoms in total. The van der Waals surface area contributed by atoms with Gasteiger partial charge in [0.25, 0.3) is 0 Å². The van der Waals surface area contributed by atoms with Crippen molar-refractivity contribution in [2.75, 3.05) is 27.3 Å². The normalized spacial score (nSPS) is 21.5. The van der Waals surface area contributed by atoms with Crippen molar-refractivity contribution in [2.24, 2.45) is 11.1 Å². The Morgan fingerprint density at radius 1 is 1.21 bits per heavy atom. The number of fused-ring (bicyclic) bond motifs is 1. The van der Waals surface area contributed by atoms with Crippen LogP contribution in [0.3, 0.4) is 0 Å². The number of carbonyl (C=O) groups is 2. The number of carbonyl (C=O) groups excluding carboxylic acids is 2. The molecule has 152 valence electrons. The number of amides is 1. The van der Waals surface area contributed by atoms with Gasteiger partial charge < -0.3 is 24.8 Å². The number of ether oxygens (including phenoxy) is 3. The van der Waals surface area contributed by atoms with E-state index < -0.39 is 17.0 Å². The zero-order chi connectivity index (χ0) is 20.7. The molecule has 0 bridgehead atoms. The largest absolute Gasteiger partial charge is 0.497 e. The van der Waals surface area contributed by atoms with Gasteiger partial charge in [-0.25, -0.2) is 9.59 Å². The Balaban J connectivity index is 2.01. The summed E-state index contributed by atoms with van der Waals surface area (Å²) in [5.41, 5.74) is 7.90. The second-order valence-corrected chi connectivity index (χ2v) is 8.41. The molecule has 1 aromatic rings. The molecule has 1 atom stereocenters. The summed E-state index contributed by atoms with van der Waals surface area (Å²) >= 11 is 0. The predicted molar refractivity (Wildman–Crippen MR) is 105 cm³/mol. The molecule has 1 spiro atoms. The monoisotopic (exact) mass is 388 g/mol. The van der Waals surface area contributed by atoms with E-state index in [4.69, 9.17) is 19.9 Å². The van der Waals surface area contributed by atoms with Crippen LogP contribution in [0.15, 0.2) is 23.8 Å². The van der Waals surface area contributed by atoms with E-state index in [0.717, 1.165) is 16.9 Å². The van der Waals surface area contributed by atoms with Crippen LogP contribution in [-0.2, 0) is 20.7 Å². The smallest absolute Gasteiger partial charge is 0.410 e. The Bertz CT molecular complexity index is 840. The summed E-state index contributed by atoms with van der Waals surface area (Å²) in [5.74, 6) is 0.273. The molecule has 2 aliphatic rings. The summed E-state index contributed by atoms with van der Waals surface area (Å²) in [6.07, 6.45) is 0.793. The van der Waals surface area contributed by atoms with Crippen molar-refractivity contribution in [3.8, 4) is 5.75 Å². The van der Waals surface area contributed by atoms with E-state index in [1.54, 1.807) is 12.0 Å². The number of esters is 1. The van der Waals surface area contributed by atoms with Gasteiger partial charge >= 0.3 is 12.1 Å². The fourth-order valence-electron chi connectivity index (χ4n) is 4.11. The van der Waals surface area contributed by atoms with Crippen molar-refractivity contribution in [3.63, 3.8) is 0 Å². The molecule has 1 aromatic carbocycles. The van der Waals surface area contributed by atoms with E-state index in [9.17, 15) is 9.59 Å². The average Bonchev–Trinajstić information content (AvgIpc) is 3.03. The first-order valence-electron chi connectivity index (χ1n) is 9.34.